The number of aliphatic carboxylic acids is 1. The Bertz CT molecular complexity index is 534. The largest absolute Gasteiger partial charge is 0.508 e. The zero-order valence-electron chi connectivity index (χ0n) is 11.6. The summed E-state index contributed by atoms with van der Waals surface area (Å²) in [5, 5.41) is 18.2. The molecular weight excluding hydrogens is 292 g/mol. The Balaban J connectivity index is 2.07. The second-order valence-electron chi connectivity index (χ2n) is 5.01. The highest BCUT2D eigenvalue weighted by Gasteiger charge is 2.40. The molecule has 1 heterocycles. The molecule has 0 radical (unpaired) electrons. The van der Waals surface area contributed by atoms with Crippen molar-refractivity contribution in [2.75, 3.05) is 5.75 Å². The molecule has 1 fully saturated rings. The molecular formula is C14H18N2O4S. The van der Waals surface area contributed by atoms with Crippen LogP contribution in [-0.2, 0) is 16.0 Å². The molecule has 0 saturated carbocycles. The molecule has 21 heavy (non-hydrogen) atoms. The highest BCUT2D eigenvalue weighted by atomic mass is 32.2. The minimum atomic E-state index is -1.00. The van der Waals surface area contributed by atoms with Gasteiger partial charge < -0.3 is 20.8 Å². The van der Waals surface area contributed by atoms with Crippen molar-refractivity contribution in [1.29, 1.82) is 0 Å². The number of hydrogen-bond acceptors (Lipinski definition) is 5. The molecule has 0 aromatic heterocycles. The summed E-state index contributed by atoms with van der Waals surface area (Å²) >= 11 is 1.43. The fourth-order valence-electron chi connectivity index (χ4n) is 2.33. The van der Waals surface area contributed by atoms with Gasteiger partial charge in [-0.2, -0.15) is 0 Å². The Hall–Kier alpha value is -1.73. The maximum atomic E-state index is 12.4. The van der Waals surface area contributed by atoms with E-state index in [1.165, 1.54) is 28.8 Å². The molecule has 7 heteroatoms. The lowest BCUT2D eigenvalue weighted by Gasteiger charge is -2.27. The van der Waals surface area contributed by atoms with E-state index in [0.717, 1.165) is 5.56 Å². The lowest BCUT2D eigenvalue weighted by molar-refractivity contribution is -0.149. The van der Waals surface area contributed by atoms with Crippen molar-refractivity contribution in [2.24, 2.45) is 5.73 Å². The van der Waals surface area contributed by atoms with Gasteiger partial charge >= 0.3 is 5.97 Å². The maximum absolute atomic E-state index is 12.4. The van der Waals surface area contributed by atoms with Gasteiger partial charge in [-0.1, -0.05) is 12.1 Å². The van der Waals surface area contributed by atoms with Crippen LogP contribution < -0.4 is 5.73 Å². The van der Waals surface area contributed by atoms with Gasteiger partial charge in [0.05, 0.1) is 11.4 Å². The van der Waals surface area contributed by atoms with Gasteiger partial charge in [0, 0.05) is 5.75 Å². The van der Waals surface area contributed by atoms with Crippen molar-refractivity contribution in [1.82, 2.24) is 4.90 Å². The van der Waals surface area contributed by atoms with E-state index < -0.39 is 18.1 Å². The Morgan fingerprint density at radius 1 is 1.43 bits per heavy atom. The molecule has 0 spiro atoms. The smallest absolute Gasteiger partial charge is 0.327 e. The van der Waals surface area contributed by atoms with Crippen molar-refractivity contribution in [3.05, 3.63) is 29.8 Å². The zero-order chi connectivity index (χ0) is 15.6. The molecule has 2 unspecified atom stereocenters. The Morgan fingerprint density at radius 2 is 2.05 bits per heavy atom. The van der Waals surface area contributed by atoms with Gasteiger partial charge in [-0.3, -0.25) is 4.79 Å². The van der Waals surface area contributed by atoms with E-state index in [4.69, 9.17) is 5.73 Å². The van der Waals surface area contributed by atoms with Crippen LogP contribution in [0.15, 0.2) is 24.3 Å². The average Bonchev–Trinajstić information content (AvgIpc) is 2.82. The van der Waals surface area contributed by atoms with Gasteiger partial charge in [-0.15, -0.1) is 11.8 Å². The number of carbonyl (C=O) groups is 2. The van der Waals surface area contributed by atoms with E-state index in [9.17, 15) is 19.8 Å². The van der Waals surface area contributed by atoms with Crippen molar-refractivity contribution in [3.8, 4) is 5.75 Å². The summed E-state index contributed by atoms with van der Waals surface area (Å²) in [6, 6.07) is 4.83. The molecule has 4 N–H and O–H groups in total. The number of nitrogens with zero attached hydrogens (tertiary/aromatic N) is 1. The number of aromatic hydroxyl groups is 1. The van der Waals surface area contributed by atoms with Crippen LogP contribution in [0.3, 0.4) is 0 Å². The lowest BCUT2D eigenvalue weighted by atomic mass is 10.0. The number of carboxylic acids is 1. The quantitative estimate of drug-likeness (QED) is 0.754. The van der Waals surface area contributed by atoms with Crippen LogP contribution in [0.1, 0.15) is 12.5 Å². The number of thioether (sulfide) groups is 1. The molecule has 1 aromatic carbocycles. The van der Waals surface area contributed by atoms with Gasteiger partial charge in [0.25, 0.3) is 0 Å². The average molecular weight is 310 g/mol. The maximum Gasteiger partial charge on any atom is 0.327 e. The number of benzene rings is 1. The van der Waals surface area contributed by atoms with Gasteiger partial charge in [0.15, 0.2) is 0 Å². The Kier molecular flexibility index (Phi) is 4.74. The van der Waals surface area contributed by atoms with E-state index in [0.29, 0.717) is 12.2 Å². The monoisotopic (exact) mass is 310 g/mol. The van der Waals surface area contributed by atoms with Crippen LogP contribution in [0.5, 0.6) is 5.75 Å². The van der Waals surface area contributed by atoms with Crippen molar-refractivity contribution in [2.45, 2.75) is 30.8 Å². The number of phenolic OH excluding ortho intramolecular Hbond substituents is 1. The fourth-order valence-corrected chi connectivity index (χ4v) is 3.51. The fraction of sp³-hybridized carbons (Fsp3) is 0.429. The molecule has 1 amide bonds. The summed E-state index contributed by atoms with van der Waals surface area (Å²) in [7, 11) is 0. The van der Waals surface area contributed by atoms with Crippen LogP contribution in [0, 0.1) is 0 Å². The Labute approximate surface area is 126 Å². The summed E-state index contributed by atoms with van der Waals surface area (Å²) in [5.74, 6) is -0.826. The van der Waals surface area contributed by atoms with Crippen LogP contribution in [-0.4, -0.2) is 50.2 Å². The molecule has 2 rings (SSSR count). The Morgan fingerprint density at radius 3 is 2.62 bits per heavy atom. The molecule has 114 valence electrons. The standard InChI is InChI=1S/C14H18N2O4S/c1-8-16(12(7-21-8)14(19)20)13(18)11(15)6-9-2-4-10(17)5-3-9/h2-5,8,11-12,17H,6-7,15H2,1H3,(H,19,20)/t8?,11-,12?/m0/s1. The third-order valence-electron chi connectivity index (χ3n) is 3.47. The topological polar surface area (TPSA) is 104 Å². The van der Waals surface area contributed by atoms with Crippen molar-refractivity contribution in [3.63, 3.8) is 0 Å². The molecule has 1 aromatic rings. The van der Waals surface area contributed by atoms with Gasteiger partial charge in [0.2, 0.25) is 5.91 Å². The van der Waals surface area contributed by atoms with Crippen LogP contribution >= 0.6 is 11.8 Å². The highest BCUT2D eigenvalue weighted by molar-refractivity contribution is 8.00. The second kappa shape index (κ2) is 6.36. The van der Waals surface area contributed by atoms with Crippen molar-refractivity contribution >= 4 is 23.6 Å². The number of hydrogen-bond donors (Lipinski definition) is 3. The first kappa shape index (κ1) is 15.7. The molecule has 0 aliphatic carbocycles. The SMILES string of the molecule is CC1SCC(C(=O)O)N1C(=O)[C@@H](N)Cc1ccc(O)cc1. The van der Waals surface area contributed by atoms with E-state index in [1.54, 1.807) is 19.1 Å². The normalized spacial score (nSPS) is 23.0. The zero-order valence-corrected chi connectivity index (χ0v) is 12.4. The minimum absolute atomic E-state index is 0.147. The second-order valence-corrected chi connectivity index (χ2v) is 6.36. The summed E-state index contributed by atoms with van der Waals surface area (Å²) in [5.41, 5.74) is 6.76. The third-order valence-corrected chi connectivity index (χ3v) is 4.69. The molecule has 1 aliphatic rings. The number of carbonyl (C=O) groups excluding carboxylic acids is 1. The van der Waals surface area contributed by atoms with E-state index in [2.05, 4.69) is 0 Å². The molecule has 0 bridgehead atoms. The van der Waals surface area contributed by atoms with Gasteiger partial charge in [-0.25, -0.2) is 4.79 Å². The number of nitrogens with two attached hydrogens (primary N) is 1. The molecule has 1 saturated heterocycles. The first-order valence-corrected chi connectivity index (χ1v) is 7.65. The highest BCUT2D eigenvalue weighted by Crippen LogP contribution is 2.29. The first-order chi connectivity index (χ1) is 9.90. The third kappa shape index (κ3) is 3.48. The molecule has 3 atom stereocenters. The molecule has 6 nitrogen and oxygen atoms in total. The first-order valence-electron chi connectivity index (χ1n) is 6.60. The van der Waals surface area contributed by atoms with Crippen molar-refractivity contribution < 1.29 is 19.8 Å². The summed E-state index contributed by atoms with van der Waals surface area (Å²) in [6.07, 6.45) is 0.305. The van der Waals surface area contributed by atoms with Crippen LogP contribution in [0.2, 0.25) is 0 Å². The number of phenols is 1. The number of amides is 1. The summed E-state index contributed by atoms with van der Waals surface area (Å²) in [4.78, 5) is 25.0. The van der Waals surface area contributed by atoms with Gasteiger partial charge in [0.1, 0.15) is 11.8 Å². The predicted molar refractivity (Wildman–Crippen MR) is 80.0 cm³/mol. The van der Waals surface area contributed by atoms with Crippen LogP contribution in [0.4, 0.5) is 0 Å². The van der Waals surface area contributed by atoms with Gasteiger partial charge in [-0.05, 0) is 31.0 Å². The minimum Gasteiger partial charge on any atom is -0.508 e. The van der Waals surface area contributed by atoms with Crippen LogP contribution in [0.25, 0.3) is 0 Å². The summed E-state index contributed by atoms with van der Waals surface area (Å²) < 4.78 is 0. The van der Waals surface area contributed by atoms with E-state index >= 15 is 0 Å². The number of carboxylic acid groups (broad SMARTS) is 1. The van der Waals surface area contributed by atoms with E-state index in [-0.39, 0.29) is 17.0 Å². The summed E-state index contributed by atoms with van der Waals surface area (Å²) in [6.45, 7) is 1.80. The predicted octanol–water partition coefficient (Wildman–Crippen LogP) is 0.637. The number of rotatable bonds is 4. The lowest BCUT2D eigenvalue weighted by Crippen LogP contribution is -2.52. The molecule has 1 aliphatic heterocycles. The van der Waals surface area contributed by atoms with E-state index in [1.807, 2.05) is 0 Å².